The second kappa shape index (κ2) is 10.5. The van der Waals surface area contributed by atoms with E-state index in [1.807, 2.05) is 6.92 Å². The molecule has 0 bridgehead atoms. The first-order valence-electron chi connectivity index (χ1n) is 12.4. The topological polar surface area (TPSA) is 82.5 Å². The van der Waals surface area contributed by atoms with Gasteiger partial charge in [0.25, 0.3) is 0 Å². The molecule has 1 aromatic rings. The number of rotatable bonds is 5. The first-order chi connectivity index (χ1) is 17.0. The SMILES string of the molecule is Cc1ccc(CN2CCC3(CCN(C(=O)OC(C)C(F)(F)F)CC3)C2)c(N2CCOC(C(=O)O)C2)c1. The largest absolute Gasteiger partial charge is 0.479 e. The summed E-state index contributed by atoms with van der Waals surface area (Å²) in [6, 6.07) is 6.25. The third-order valence-corrected chi connectivity index (χ3v) is 7.66. The molecular weight excluding hydrogens is 479 g/mol. The molecule has 200 valence electrons. The zero-order chi connectivity index (χ0) is 26.1. The maximum Gasteiger partial charge on any atom is 0.425 e. The monoisotopic (exact) mass is 513 g/mol. The number of likely N-dealkylation sites (tertiary alicyclic amines) is 2. The number of benzene rings is 1. The summed E-state index contributed by atoms with van der Waals surface area (Å²) in [5.41, 5.74) is 3.29. The first-order valence-corrected chi connectivity index (χ1v) is 12.4. The number of halogens is 3. The van der Waals surface area contributed by atoms with Gasteiger partial charge in [-0.05, 0) is 62.3 Å². The number of morpholine rings is 1. The van der Waals surface area contributed by atoms with E-state index in [9.17, 15) is 27.9 Å². The highest BCUT2D eigenvalue weighted by Gasteiger charge is 2.44. The predicted molar refractivity (Wildman–Crippen MR) is 126 cm³/mol. The summed E-state index contributed by atoms with van der Waals surface area (Å²) in [5, 5.41) is 9.39. The minimum atomic E-state index is -4.57. The molecule has 1 spiro atoms. The Labute approximate surface area is 208 Å². The molecule has 1 N–H and O–H groups in total. The Balaban J connectivity index is 1.35. The van der Waals surface area contributed by atoms with Gasteiger partial charge in [0.1, 0.15) is 0 Å². The van der Waals surface area contributed by atoms with Crippen LogP contribution in [0, 0.1) is 12.3 Å². The molecule has 0 radical (unpaired) electrons. The number of aryl methyl sites for hydroxylation is 1. The van der Waals surface area contributed by atoms with Gasteiger partial charge in [0.2, 0.25) is 0 Å². The molecule has 3 heterocycles. The van der Waals surface area contributed by atoms with Crippen LogP contribution in [0.2, 0.25) is 0 Å². The highest BCUT2D eigenvalue weighted by molar-refractivity contribution is 5.74. The van der Waals surface area contributed by atoms with E-state index in [4.69, 9.17) is 4.74 Å². The van der Waals surface area contributed by atoms with Crippen LogP contribution in [-0.2, 0) is 20.8 Å². The summed E-state index contributed by atoms with van der Waals surface area (Å²) in [7, 11) is 0. The van der Waals surface area contributed by atoms with Crippen molar-refractivity contribution >= 4 is 17.7 Å². The number of carbonyl (C=O) groups is 2. The smallest absolute Gasteiger partial charge is 0.425 e. The van der Waals surface area contributed by atoms with E-state index < -0.39 is 30.4 Å². The maximum atomic E-state index is 12.7. The first kappa shape index (κ1) is 26.5. The average molecular weight is 514 g/mol. The molecule has 4 rings (SSSR count). The van der Waals surface area contributed by atoms with E-state index in [0.717, 1.165) is 62.6 Å². The van der Waals surface area contributed by atoms with Crippen molar-refractivity contribution in [3.63, 3.8) is 0 Å². The third kappa shape index (κ3) is 6.05. The quantitative estimate of drug-likeness (QED) is 0.644. The van der Waals surface area contributed by atoms with Gasteiger partial charge in [0.05, 0.1) is 13.2 Å². The maximum absolute atomic E-state index is 12.7. The Morgan fingerprint density at radius 3 is 2.56 bits per heavy atom. The van der Waals surface area contributed by atoms with E-state index >= 15 is 0 Å². The zero-order valence-electron chi connectivity index (χ0n) is 20.7. The Morgan fingerprint density at radius 2 is 1.89 bits per heavy atom. The van der Waals surface area contributed by atoms with Crippen LogP contribution in [0.3, 0.4) is 0 Å². The summed E-state index contributed by atoms with van der Waals surface area (Å²) < 4.78 is 48.2. The number of hydrogen-bond acceptors (Lipinski definition) is 6. The van der Waals surface area contributed by atoms with Gasteiger partial charge in [-0.15, -0.1) is 0 Å². The summed E-state index contributed by atoms with van der Waals surface area (Å²) >= 11 is 0. The van der Waals surface area contributed by atoms with Crippen LogP contribution >= 0.6 is 0 Å². The number of alkyl halides is 3. The Kier molecular flexibility index (Phi) is 7.70. The zero-order valence-corrected chi connectivity index (χ0v) is 20.7. The van der Waals surface area contributed by atoms with E-state index in [1.165, 1.54) is 4.90 Å². The lowest BCUT2D eigenvalue weighted by molar-refractivity contribution is -0.200. The molecular formula is C25H34F3N3O5. The second-order valence-corrected chi connectivity index (χ2v) is 10.3. The number of amides is 1. The lowest BCUT2D eigenvalue weighted by atomic mass is 9.78. The number of nitrogens with zero attached hydrogens (tertiary/aromatic N) is 3. The number of piperidine rings is 1. The van der Waals surface area contributed by atoms with Crippen LogP contribution in [0.1, 0.15) is 37.3 Å². The van der Waals surface area contributed by atoms with Crippen molar-refractivity contribution in [1.82, 2.24) is 9.80 Å². The lowest BCUT2D eigenvalue weighted by Gasteiger charge is -2.39. The Hall–Kier alpha value is -2.53. The summed E-state index contributed by atoms with van der Waals surface area (Å²) in [6.45, 7) is 7.39. The van der Waals surface area contributed by atoms with Crippen LogP contribution in [-0.4, -0.2) is 91.2 Å². The van der Waals surface area contributed by atoms with Crippen LogP contribution in [0.15, 0.2) is 18.2 Å². The summed E-state index contributed by atoms with van der Waals surface area (Å²) in [5.74, 6) is -0.960. The van der Waals surface area contributed by atoms with E-state index in [0.29, 0.717) is 32.8 Å². The van der Waals surface area contributed by atoms with Crippen LogP contribution in [0.5, 0.6) is 0 Å². The minimum Gasteiger partial charge on any atom is -0.479 e. The minimum absolute atomic E-state index is 0.0324. The number of ether oxygens (including phenoxy) is 2. The fourth-order valence-corrected chi connectivity index (χ4v) is 5.39. The summed E-state index contributed by atoms with van der Waals surface area (Å²) in [4.78, 5) is 29.5. The molecule has 3 saturated heterocycles. The molecule has 36 heavy (non-hydrogen) atoms. The van der Waals surface area contributed by atoms with Gasteiger partial charge in [0, 0.05) is 38.4 Å². The van der Waals surface area contributed by atoms with Gasteiger partial charge >= 0.3 is 18.2 Å². The highest BCUT2D eigenvalue weighted by Crippen LogP contribution is 2.41. The number of carboxylic acid groups (broad SMARTS) is 1. The average Bonchev–Trinajstić information content (AvgIpc) is 3.21. The number of aliphatic carboxylic acids is 1. The van der Waals surface area contributed by atoms with E-state index in [-0.39, 0.29) is 5.41 Å². The number of carboxylic acids is 1. The van der Waals surface area contributed by atoms with Gasteiger partial charge in [-0.2, -0.15) is 13.2 Å². The van der Waals surface area contributed by atoms with Gasteiger partial charge in [-0.1, -0.05) is 12.1 Å². The van der Waals surface area contributed by atoms with Crippen molar-refractivity contribution in [2.45, 2.75) is 58.0 Å². The molecule has 0 aromatic heterocycles. The Morgan fingerprint density at radius 1 is 1.19 bits per heavy atom. The molecule has 2 unspecified atom stereocenters. The van der Waals surface area contributed by atoms with Crippen LogP contribution in [0.4, 0.5) is 23.7 Å². The van der Waals surface area contributed by atoms with Gasteiger partial charge in [0.15, 0.2) is 12.2 Å². The van der Waals surface area contributed by atoms with Crippen molar-refractivity contribution in [1.29, 1.82) is 0 Å². The van der Waals surface area contributed by atoms with Crippen molar-refractivity contribution in [3.8, 4) is 0 Å². The molecule has 0 saturated carbocycles. The number of carbonyl (C=O) groups excluding carboxylic acids is 1. The Bertz CT molecular complexity index is 965. The third-order valence-electron chi connectivity index (χ3n) is 7.66. The standard InChI is InChI=1S/C25H34F3N3O5/c1-17-3-4-19(20(13-17)31-11-12-35-21(15-31)22(32)33)14-29-8-5-24(16-29)6-9-30(10-7-24)23(34)36-18(2)25(26,27)28/h3-4,13,18,21H,5-12,14-16H2,1-2H3,(H,32,33). The van der Waals surface area contributed by atoms with Gasteiger partial charge in [-0.25, -0.2) is 9.59 Å². The van der Waals surface area contributed by atoms with Crippen LogP contribution < -0.4 is 4.90 Å². The molecule has 11 heteroatoms. The molecule has 0 aliphatic carbocycles. The predicted octanol–water partition coefficient (Wildman–Crippen LogP) is 3.66. The van der Waals surface area contributed by atoms with Gasteiger partial charge in [-0.3, -0.25) is 4.90 Å². The number of hydrogen-bond donors (Lipinski definition) is 1. The second-order valence-electron chi connectivity index (χ2n) is 10.3. The highest BCUT2D eigenvalue weighted by atomic mass is 19.4. The van der Waals surface area contributed by atoms with E-state index in [1.54, 1.807) is 0 Å². The normalized spacial score (nSPS) is 23.6. The number of anilines is 1. The molecule has 1 amide bonds. The molecule has 3 aliphatic rings. The van der Waals surface area contributed by atoms with Crippen molar-refractivity contribution in [3.05, 3.63) is 29.3 Å². The molecule has 2 atom stereocenters. The van der Waals surface area contributed by atoms with E-state index in [2.05, 4.69) is 32.7 Å². The molecule has 3 aliphatic heterocycles. The van der Waals surface area contributed by atoms with Crippen molar-refractivity contribution in [2.24, 2.45) is 5.41 Å². The van der Waals surface area contributed by atoms with Crippen molar-refractivity contribution < 1.29 is 37.3 Å². The lowest BCUT2D eigenvalue weighted by Crippen LogP contribution is -2.46. The molecule has 1 aromatic carbocycles. The fraction of sp³-hybridized carbons (Fsp3) is 0.680. The fourth-order valence-electron chi connectivity index (χ4n) is 5.39. The molecule has 8 nitrogen and oxygen atoms in total. The summed E-state index contributed by atoms with van der Waals surface area (Å²) in [6.07, 6.45) is -6.02. The van der Waals surface area contributed by atoms with Crippen LogP contribution in [0.25, 0.3) is 0 Å². The van der Waals surface area contributed by atoms with Gasteiger partial charge < -0.3 is 24.4 Å². The van der Waals surface area contributed by atoms with Crippen molar-refractivity contribution in [2.75, 3.05) is 50.8 Å². The molecule has 3 fully saturated rings.